The van der Waals surface area contributed by atoms with Crippen LogP contribution < -0.4 is 0 Å². The molecule has 1 nitrogen and oxygen atoms in total. The lowest BCUT2D eigenvalue weighted by atomic mass is 9.91. The normalized spacial score (nSPS) is 32.3. The van der Waals surface area contributed by atoms with Gasteiger partial charge < -0.3 is 5.11 Å². The Morgan fingerprint density at radius 1 is 1.50 bits per heavy atom. The number of hydrogen-bond acceptors (Lipinski definition) is 2. The van der Waals surface area contributed by atoms with E-state index in [0.29, 0.717) is 5.92 Å². The molecule has 0 bridgehead atoms. The zero-order valence-electron chi connectivity index (χ0n) is 8.65. The molecule has 1 N–H and O–H groups in total. The summed E-state index contributed by atoms with van der Waals surface area (Å²) >= 11 is 1.77. The largest absolute Gasteiger partial charge is 0.393 e. The van der Waals surface area contributed by atoms with Crippen LogP contribution in [0, 0.1) is 11.8 Å². The van der Waals surface area contributed by atoms with Gasteiger partial charge in [0.2, 0.25) is 0 Å². The summed E-state index contributed by atoms with van der Waals surface area (Å²) in [4.78, 5) is 0. The average Bonchev–Trinajstić information content (AvgIpc) is 2.77. The lowest BCUT2D eigenvalue weighted by Gasteiger charge is -2.16. The third-order valence-corrected chi connectivity index (χ3v) is 4.30. The summed E-state index contributed by atoms with van der Waals surface area (Å²) in [6, 6.07) is 2.21. The standard InChI is InChI=1S/C12H18OS/c1-9-11(4-5-12(9)13)3-2-10-6-7-14-8-10/h6-9,11-13H,2-5H2,1H3. The van der Waals surface area contributed by atoms with Gasteiger partial charge in [-0.1, -0.05) is 6.92 Å². The highest BCUT2D eigenvalue weighted by Crippen LogP contribution is 2.34. The van der Waals surface area contributed by atoms with Gasteiger partial charge in [0.25, 0.3) is 0 Å². The van der Waals surface area contributed by atoms with E-state index in [9.17, 15) is 5.11 Å². The molecule has 1 aromatic rings. The first-order chi connectivity index (χ1) is 6.77. The minimum atomic E-state index is -0.0394. The predicted molar refractivity (Wildman–Crippen MR) is 60.5 cm³/mol. The van der Waals surface area contributed by atoms with Crippen LogP contribution in [-0.2, 0) is 6.42 Å². The van der Waals surface area contributed by atoms with Gasteiger partial charge in [0.15, 0.2) is 0 Å². The summed E-state index contributed by atoms with van der Waals surface area (Å²) in [5, 5.41) is 14.0. The van der Waals surface area contributed by atoms with E-state index in [1.807, 2.05) is 0 Å². The van der Waals surface area contributed by atoms with Crippen molar-refractivity contribution in [3.8, 4) is 0 Å². The van der Waals surface area contributed by atoms with Crippen LogP contribution in [0.1, 0.15) is 31.7 Å². The molecule has 3 unspecified atom stereocenters. The first kappa shape index (κ1) is 10.2. The van der Waals surface area contributed by atoms with E-state index in [1.54, 1.807) is 11.3 Å². The van der Waals surface area contributed by atoms with Crippen LogP contribution in [-0.4, -0.2) is 11.2 Å². The molecule has 2 heteroatoms. The van der Waals surface area contributed by atoms with Gasteiger partial charge in [0, 0.05) is 0 Å². The molecule has 1 aromatic heterocycles. The molecule has 1 aliphatic rings. The van der Waals surface area contributed by atoms with Crippen LogP contribution >= 0.6 is 11.3 Å². The summed E-state index contributed by atoms with van der Waals surface area (Å²) in [7, 11) is 0. The van der Waals surface area contributed by atoms with E-state index in [0.717, 1.165) is 12.3 Å². The third-order valence-electron chi connectivity index (χ3n) is 3.57. The van der Waals surface area contributed by atoms with E-state index in [-0.39, 0.29) is 6.10 Å². The van der Waals surface area contributed by atoms with Crippen LogP contribution in [0.4, 0.5) is 0 Å². The Balaban J connectivity index is 1.81. The van der Waals surface area contributed by atoms with E-state index in [1.165, 1.54) is 24.8 Å². The van der Waals surface area contributed by atoms with Crippen LogP contribution in [0.15, 0.2) is 16.8 Å². The number of aliphatic hydroxyl groups is 1. The Morgan fingerprint density at radius 3 is 2.93 bits per heavy atom. The second-order valence-electron chi connectivity index (χ2n) is 4.43. The number of aliphatic hydroxyl groups excluding tert-OH is 1. The van der Waals surface area contributed by atoms with Gasteiger partial charge in [0.05, 0.1) is 6.10 Å². The van der Waals surface area contributed by atoms with E-state index < -0.39 is 0 Å². The molecule has 0 aromatic carbocycles. The predicted octanol–water partition coefficient (Wildman–Crippen LogP) is 3.09. The van der Waals surface area contributed by atoms with Crippen molar-refractivity contribution in [2.45, 2.75) is 38.7 Å². The first-order valence-electron chi connectivity index (χ1n) is 5.46. The lowest BCUT2D eigenvalue weighted by molar-refractivity contribution is 0.126. The van der Waals surface area contributed by atoms with Gasteiger partial charge >= 0.3 is 0 Å². The minimum Gasteiger partial charge on any atom is -0.393 e. The Bertz CT molecular complexity index is 268. The Kier molecular flexibility index (Phi) is 3.24. The Morgan fingerprint density at radius 2 is 2.36 bits per heavy atom. The summed E-state index contributed by atoms with van der Waals surface area (Å²) in [6.07, 6.45) is 4.62. The second-order valence-corrected chi connectivity index (χ2v) is 5.21. The quantitative estimate of drug-likeness (QED) is 0.813. The van der Waals surface area contributed by atoms with Crippen molar-refractivity contribution in [3.63, 3.8) is 0 Å². The van der Waals surface area contributed by atoms with Crippen LogP contribution in [0.25, 0.3) is 0 Å². The number of hydrogen-bond donors (Lipinski definition) is 1. The molecule has 1 heterocycles. The Hall–Kier alpha value is -0.340. The molecule has 0 saturated heterocycles. The molecule has 0 amide bonds. The van der Waals surface area contributed by atoms with E-state index in [2.05, 4.69) is 23.8 Å². The smallest absolute Gasteiger partial charge is 0.0568 e. The van der Waals surface area contributed by atoms with Crippen molar-refractivity contribution in [3.05, 3.63) is 22.4 Å². The topological polar surface area (TPSA) is 20.2 Å². The van der Waals surface area contributed by atoms with Gasteiger partial charge in [-0.25, -0.2) is 0 Å². The summed E-state index contributed by atoms with van der Waals surface area (Å²) in [5.74, 6) is 1.25. The van der Waals surface area contributed by atoms with Crippen LogP contribution in [0.5, 0.6) is 0 Å². The highest BCUT2D eigenvalue weighted by Gasteiger charge is 2.30. The number of aryl methyl sites for hydroxylation is 1. The summed E-state index contributed by atoms with van der Waals surface area (Å²) in [6.45, 7) is 2.19. The highest BCUT2D eigenvalue weighted by molar-refractivity contribution is 7.07. The lowest BCUT2D eigenvalue weighted by Crippen LogP contribution is -2.15. The maximum Gasteiger partial charge on any atom is 0.0568 e. The van der Waals surface area contributed by atoms with E-state index >= 15 is 0 Å². The monoisotopic (exact) mass is 210 g/mol. The molecule has 0 spiro atoms. The molecule has 2 rings (SSSR count). The van der Waals surface area contributed by atoms with Gasteiger partial charge in [-0.2, -0.15) is 11.3 Å². The summed E-state index contributed by atoms with van der Waals surface area (Å²) in [5.41, 5.74) is 1.46. The van der Waals surface area contributed by atoms with E-state index in [4.69, 9.17) is 0 Å². The fourth-order valence-corrected chi connectivity index (χ4v) is 3.12. The molecule has 78 valence electrons. The van der Waals surface area contributed by atoms with Crippen molar-refractivity contribution in [1.82, 2.24) is 0 Å². The van der Waals surface area contributed by atoms with Gasteiger partial charge in [-0.3, -0.25) is 0 Å². The number of thiophene rings is 1. The third kappa shape index (κ3) is 2.18. The second kappa shape index (κ2) is 4.45. The molecule has 1 saturated carbocycles. The minimum absolute atomic E-state index is 0.0394. The molecule has 0 radical (unpaired) electrons. The first-order valence-corrected chi connectivity index (χ1v) is 6.41. The molecule has 1 aliphatic carbocycles. The van der Waals surface area contributed by atoms with Crippen LogP contribution in [0.2, 0.25) is 0 Å². The SMILES string of the molecule is CC1C(O)CCC1CCc1ccsc1. The van der Waals surface area contributed by atoms with Crippen molar-refractivity contribution < 1.29 is 5.11 Å². The van der Waals surface area contributed by atoms with Gasteiger partial charge in [-0.15, -0.1) is 0 Å². The molecule has 3 atom stereocenters. The molecular formula is C12H18OS. The van der Waals surface area contributed by atoms with Crippen molar-refractivity contribution in [1.29, 1.82) is 0 Å². The Labute approximate surface area is 89.8 Å². The van der Waals surface area contributed by atoms with Crippen LogP contribution in [0.3, 0.4) is 0 Å². The fraction of sp³-hybridized carbons (Fsp3) is 0.667. The van der Waals surface area contributed by atoms with Crippen molar-refractivity contribution >= 4 is 11.3 Å². The van der Waals surface area contributed by atoms with Gasteiger partial charge in [-0.05, 0) is 59.9 Å². The molecule has 1 fully saturated rings. The molecular weight excluding hydrogens is 192 g/mol. The van der Waals surface area contributed by atoms with Gasteiger partial charge in [0.1, 0.15) is 0 Å². The van der Waals surface area contributed by atoms with Crippen molar-refractivity contribution in [2.24, 2.45) is 11.8 Å². The average molecular weight is 210 g/mol. The number of rotatable bonds is 3. The molecule has 0 aliphatic heterocycles. The van der Waals surface area contributed by atoms with Crippen molar-refractivity contribution in [2.75, 3.05) is 0 Å². The molecule has 14 heavy (non-hydrogen) atoms. The zero-order chi connectivity index (χ0) is 9.97. The zero-order valence-corrected chi connectivity index (χ0v) is 9.46. The maximum atomic E-state index is 9.63. The highest BCUT2D eigenvalue weighted by atomic mass is 32.1. The fourth-order valence-electron chi connectivity index (χ4n) is 2.42. The maximum absolute atomic E-state index is 9.63. The summed E-state index contributed by atoms with van der Waals surface area (Å²) < 4.78 is 0.